The summed E-state index contributed by atoms with van der Waals surface area (Å²) in [5, 5.41) is 4.65. The van der Waals surface area contributed by atoms with Crippen LogP contribution in [-0.4, -0.2) is 23.7 Å². The predicted octanol–water partition coefficient (Wildman–Crippen LogP) is 18.0. The zero-order chi connectivity index (χ0) is 50.6. The van der Waals surface area contributed by atoms with Gasteiger partial charge in [0.15, 0.2) is 0 Å². The van der Waals surface area contributed by atoms with Crippen molar-refractivity contribution in [3.05, 3.63) is 248 Å². The molecule has 0 fully saturated rings. The Morgan fingerprint density at radius 2 is 1.10 bits per heavy atom. The molecule has 0 aliphatic carbocycles. The first-order valence-corrected chi connectivity index (χ1v) is 25.9. The molecule has 0 unspecified atom stereocenters. The van der Waals surface area contributed by atoms with E-state index in [1.807, 2.05) is 30.5 Å². The van der Waals surface area contributed by atoms with Crippen molar-refractivity contribution in [3.63, 3.8) is 0 Å². The van der Waals surface area contributed by atoms with E-state index in [9.17, 15) is 0 Å². The van der Waals surface area contributed by atoms with Crippen molar-refractivity contribution in [2.75, 3.05) is 0 Å². The van der Waals surface area contributed by atoms with Gasteiger partial charge in [-0.3, -0.25) is 4.98 Å². The zero-order valence-corrected chi connectivity index (χ0v) is 44.7. The third-order valence-corrected chi connectivity index (χ3v) is 15.3. The summed E-state index contributed by atoms with van der Waals surface area (Å²) in [5.41, 5.74) is 19.4. The first kappa shape index (κ1) is 46.4. The molecule has 0 radical (unpaired) electrons. The van der Waals surface area contributed by atoms with E-state index in [0.717, 1.165) is 89.2 Å². The van der Waals surface area contributed by atoms with Crippen LogP contribution in [0.5, 0.6) is 11.5 Å². The first-order valence-electron chi connectivity index (χ1n) is 25.9. The molecule has 368 valence electrons. The fourth-order valence-corrected chi connectivity index (χ4v) is 11.9. The van der Waals surface area contributed by atoms with E-state index < -0.39 is 0 Å². The summed E-state index contributed by atoms with van der Waals surface area (Å²) in [6.45, 7) is 6.74. The van der Waals surface area contributed by atoms with Gasteiger partial charge in [0.1, 0.15) is 5.82 Å². The molecular formula is C70H47N5OPt. The van der Waals surface area contributed by atoms with Gasteiger partial charge in [0.2, 0.25) is 0 Å². The van der Waals surface area contributed by atoms with Gasteiger partial charge in [-0.1, -0.05) is 184 Å². The predicted molar refractivity (Wildman–Crippen MR) is 311 cm³/mol. The summed E-state index contributed by atoms with van der Waals surface area (Å²) in [6.07, 6.45) is 1.93. The first-order chi connectivity index (χ1) is 37.4. The second-order valence-corrected chi connectivity index (χ2v) is 20.8. The number of benzene rings is 10. The normalized spacial score (nSPS) is 12.0. The van der Waals surface area contributed by atoms with Crippen molar-refractivity contribution in [2.24, 2.45) is 0 Å². The van der Waals surface area contributed by atoms with Gasteiger partial charge in [-0.2, -0.15) is 6.07 Å². The average Bonchev–Trinajstić information content (AvgIpc) is 4.13. The molecule has 0 saturated carbocycles. The smallest absolute Gasteiger partial charge is 0.503 e. The minimum Gasteiger partial charge on any atom is -0.503 e. The number of hydrogen-bond acceptors (Lipinski definition) is 3. The van der Waals surface area contributed by atoms with Crippen LogP contribution in [0.4, 0.5) is 0 Å². The van der Waals surface area contributed by atoms with Crippen LogP contribution in [-0.2, 0) is 26.5 Å². The molecule has 15 rings (SSSR count). The Morgan fingerprint density at radius 3 is 1.88 bits per heavy atom. The number of ether oxygens (including phenoxy) is 1. The van der Waals surface area contributed by atoms with Gasteiger partial charge >= 0.3 is 21.1 Å². The van der Waals surface area contributed by atoms with E-state index in [-0.39, 0.29) is 26.5 Å². The maximum atomic E-state index is 6.94. The third kappa shape index (κ3) is 7.34. The summed E-state index contributed by atoms with van der Waals surface area (Å²) in [6, 6.07) is 87.2. The molecule has 0 saturated heterocycles. The summed E-state index contributed by atoms with van der Waals surface area (Å²) >= 11 is 0. The summed E-state index contributed by atoms with van der Waals surface area (Å²) in [7, 11) is 0. The maximum absolute atomic E-state index is 6.94. The third-order valence-electron chi connectivity index (χ3n) is 15.3. The van der Waals surface area contributed by atoms with E-state index >= 15 is 0 Å². The molecule has 0 amide bonds. The molecular weight excluding hydrogens is 1120 g/mol. The van der Waals surface area contributed by atoms with Gasteiger partial charge in [0.05, 0.1) is 39.3 Å². The molecule has 0 spiro atoms. The molecule has 4 aromatic heterocycles. The largest absolute Gasteiger partial charge is 2.00 e. The van der Waals surface area contributed by atoms with Gasteiger partial charge in [0, 0.05) is 56.2 Å². The molecule has 7 heteroatoms. The van der Waals surface area contributed by atoms with Crippen molar-refractivity contribution < 1.29 is 25.8 Å². The molecule has 1 aliphatic rings. The number of rotatable bonds is 7. The number of fused-ring (bicyclic) bond motifs is 13. The monoisotopic (exact) mass is 1170 g/mol. The number of pyridine rings is 1. The maximum Gasteiger partial charge on any atom is 2.00 e. The number of aromatic nitrogens is 5. The fraction of sp³-hybridized carbons (Fsp3) is 0.0571. The molecule has 5 heterocycles. The molecule has 0 N–H and O–H groups in total. The summed E-state index contributed by atoms with van der Waals surface area (Å²) in [4.78, 5) is 10.5. The van der Waals surface area contributed by atoms with Crippen LogP contribution >= 0.6 is 0 Å². The second-order valence-electron chi connectivity index (χ2n) is 20.8. The van der Waals surface area contributed by atoms with Crippen molar-refractivity contribution in [1.82, 2.24) is 23.7 Å². The SMILES string of the molecule is CC(C)(C)c1ccnc(-n2c3[c-]c(Oc4[c-]c(-c5nc6ccccc6n5-c5c(-c6ccccc6)cccc5-c5ccccc5)ccc4)ccc3c3c4c(ccc32)-n2c3ccccc3c3cccc(c32)-c2ccccc2-4)c1.[Pt+2]. The molecule has 0 atom stereocenters. The van der Waals surface area contributed by atoms with E-state index in [0.29, 0.717) is 11.5 Å². The quantitative estimate of drug-likeness (QED) is 0.149. The topological polar surface area (TPSA) is 49.8 Å². The van der Waals surface area contributed by atoms with E-state index in [1.165, 1.54) is 44.1 Å². The molecule has 0 bridgehead atoms. The van der Waals surface area contributed by atoms with Crippen LogP contribution in [0.15, 0.2) is 231 Å². The van der Waals surface area contributed by atoms with Gasteiger partial charge in [0.25, 0.3) is 0 Å². The van der Waals surface area contributed by atoms with Gasteiger partial charge < -0.3 is 18.4 Å². The van der Waals surface area contributed by atoms with Crippen molar-refractivity contribution in [1.29, 1.82) is 0 Å². The van der Waals surface area contributed by atoms with Crippen LogP contribution in [0.25, 0.3) is 128 Å². The Labute approximate surface area is 460 Å². The van der Waals surface area contributed by atoms with E-state index in [4.69, 9.17) is 14.7 Å². The van der Waals surface area contributed by atoms with Crippen molar-refractivity contribution in [2.45, 2.75) is 26.2 Å². The Bertz CT molecular complexity index is 4600. The number of hydrogen-bond donors (Lipinski definition) is 0. The van der Waals surface area contributed by atoms with Crippen molar-refractivity contribution in [3.8, 4) is 84.6 Å². The summed E-state index contributed by atoms with van der Waals surface area (Å²) in [5.74, 6) is 2.68. The van der Waals surface area contributed by atoms with Crippen molar-refractivity contribution >= 4 is 54.6 Å². The van der Waals surface area contributed by atoms with E-state index in [1.54, 1.807) is 0 Å². The number of imidazole rings is 1. The average molecular weight is 1170 g/mol. The molecule has 1 aliphatic heterocycles. The molecule has 10 aromatic carbocycles. The van der Waals surface area contributed by atoms with Crippen LogP contribution in [0.1, 0.15) is 26.3 Å². The standard InChI is InChI=1S/C70H47N5O.Pt/c1-70(2,3)47-39-40-71-64(42-47)73-61-37-38-62-65(54-27-11-10-25-52(54)55-30-18-31-56-53-26-12-14-33-59(53)74(62)68(55)56)66(61)57-36-35-49(43-63(57)73)76-48-24-16-23-46(41-48)69-72-58-32-13-15-34-60(58)75(69)67-50(44-19-6-4-7-20-44)28-17-29-51(67)45-21-8-5-9-22-45;/h4-40,42H,1-3H3;/q-2;+2. The van der Waals surface area contributed by atoms with Gasteiger partial charge in [-0.05, 0) is 81.1 Å². The Morgan fingerprint density at radius 1 is 0.468 bits per heavy atom. The minimum atomic E-state index is -0.106. The fourth-order valence-electron chi connectivity index (χ4n) is 11.9. The van der Waals surface area contributed by atoms with Gasteiger partial charge in [-0.15, -0.1) is 41.3 Å². The molecule has 77 heavy (non-hydrogen) atoms. The van der Waals surface area contributed by atoms with Gasteiger partial charge in [-0.25, -0.2) is 4.98 Å². The Kier molecular flexibility index (Phi) is 10.9. The second kappa shape index (κ2) is 18.0. The molecule has 14 aromatic rings. The number of para-hydroxylation sites is 5. The Balaban J connectivity index is 0.00000540. The van der Waals surface area contributed by atoms with Crippen LogP contribution < -0.4 is 4.74 Å². The zero-order valence-electron chi connectivity index (χ0n) is 42.4. The van der Waals surface area contributed by atoms with Crippen LogP contribution in [0.2, 0.25) is 0 Å². The number of nitrogens with zero attached hydrogens (tertiary/aromatic N) is 5. The Hall–Kier alpha value is -9.09. The molecule has 6 nitrogen and oxygen atoms in total. The minimum absolute atomic E-state index is 0. The van der Waals surface area contributed by atoms with Crippen LogP contribution in [0, 0.1) is 12.1 Å². The van der Waals surface area contributed by atoms with Crippen LogP contribution in [0.3, 0.4) is 0 Å². The summed E-state index contributed by atoms with van der Waals surface area (Å²) < 4.78 is 14.0. The van der Waals surface area contributed by atoms with E-state index in [2.05, 4.69) is 247 Å².